The normalized spacial score (nSPS) is 10.3. The molecule has 2 aromatic carbocycles. The summed E-state index contributed by atoms with van der Waals surface area (Å²) in [5.74, 6) is -0.0235. The van der Waals surface area contributed by atoms with Crippen LogP contribution in [0.2, 0.25) is 0 Å². The molecule has 0 aliphatic heterocycles. The van der Waals surface area contributed by atoms with Crippen LogP contribution in [0, 0.1) is 6.92 Å². The van der Waals surface area contributed by atoms with Gasteiger partial charge in [0.25, 0.3) is 5.91 Å². The molecule has 1 amide bonds. The molecule has 0 saturated heterocycles. The second kappa shape index (κ2) is 5.67. The molecular formula is C16H18N2O. The van der Waals surface area contributed by atoms with Gasteiger partial charge in [-0.15, -0.1) is 0 Å². The summed E-state index contributed by atoms with van der Waals surface area (Å²) >= 11 is 0. The lowest BCUT2D eigenvalue weighted by Gasteiger charge is -2.20. The summed E-state index contributed by atoms with van der Waals surface area (Å²) < 4.78 is 0. The molecule has 2 aromatic rings. The zero-order valence-corrected chi connectivity index (χ0v) is 11.3. The second-order valence-corrected chi connectivity index (χ2v) is 4.57. The van der Waals surface area contributed by atoms with E-state index in [1.54, 1.807) is 11.9 Å². The lowest BCUT2D eigenvalue weighted by atomic mass is 10.1. The van der Waals surface area contributed by atoms with Crippen molar-refractivity contribution >= 4 is 11.6 Å². The van der Waals surface area contributed by atoms with Crippen LogP contribution in [0.15, 0.2) is 48.5 Å². The topological polar surface area (TPSA) is 46.3 Å². The van der Waals surface area contributed by atoms with Crippen LogP contribution in [0.5, 0.6) is 0 Å². The molecule has 3 heteroatoms. The summed E-state index contributed by atoms with van der Waals surface area (Å²) in [5, 5.41) is 0. The Labute approximate surface area is 113 Å². The van der Waals surface area contributed by atoms with Gasteiger partial charge in [0.15, 0.2) is 0 Å². The Hall–Kier alpha value is -2.13. The van der Waals surface area contributed by atoms with Gasteiger partial charge in [0.1, 0.15) is 0 Å². The maximum atomic E-state index is 12.5. The van der Waals surface area contributed by atoms with Crippen LogP contribution in [0.25, 0.3) is 0 Å². The Morgan fingerprint density at radius 1 is 1.16 bits per heavy atom. The van der Waals surface area contributed by atoms with Crippen molar-refractivity contribution in [2.24, 2.45) is 5.73 Å². The zero-order valence-electron chi connectivity index (χ0n) is 11.3. The number of nitrogens with two attached hydrogens (primary N) is 1. The Balaban J connectivity index is 2.33. The van der Waals surface area contributed by atoms with Gasteiger partial charge in [-0.1, -0.05) is 35.9 Å². The molecule has 0 unspecified atom stereocenters. The molecule has 0 spiro atoms. The third-order valence-electron chi connectivity index (χ3n) is 3.14. The van der Waals surface area contributed by atoms with E-state index in [2.05, 4.69) is 0 Å². The second-order valence-electron chi connectivity index (χ2n) is 4.57. The summed E-state index contributed by atoms with van der Waals surface area (Å²) in [4.78, 5) is 14.1. The maximum absolute atomic E-state index is 12.5. The third kappa shape index (κ3) is 2.83. The highest BCUT2D eigenvalue weighted by Gasteiger charge is 2.15. The van der Waals surface area contributed by atoms with Gasteiger partial charge in [0.2, 0.25) is 0 Å². The summed E-state index contributed by atoms with van der Waals surface area (Å²) in [6.07, 6.45) is 0. The number of para-hydroxylation sites is 1. The molecule has 0 radical (unpaired) electrons. The third-order valence-corrected chi connectivity index (χ3v) is 3.14. The van der Waals surface area contributed by atoms with Gasteiger partial charge in [0, 0.05) is 24.8 Å². The molecule has 0 bridgehead atoms. The average Bonchev–Trinajstić information content (AvgIpc) is 2.45. The molecule has 98 valence electrons. The van der Waals surface area contributed by atoms with E-state index in [1.807, 2.05) is 55.5 Å². The van der Waals surface area contributed by atoms with Crippen molar-refractivity contribution in [3.63, 3.8) is 0 Å². The first kappa shape index (κ1) is 13.3. The van der Waals surface area contributed by atoms with Crippen molar-refractivity contribution in [2.75, 3.05) is 11.9 Å². The predicted octanol–water partition coefficient (Wildman–Crippen LogP) is 2.73. The molecule has 19 heavy (non-hydrogen) atoms. The van der Waals surface area contributed by atoms with Crippen LogP contribution in [0.1, 0.15) is 21.5 Å². The standard InChI is InChI=1S/C16H18N2O/c1-12-6-5-8-13(10-12)16(19)18(2)15-9-4-3-7-14(15)11-17/h3-10H,11,17H2,1-2H3. The molecular weight excluding hydrogens is 236 g/mol. The number of hydrogen-bond acceptors (Lipinski definition) is 2. The Kier molecular flexibility index (Phi) is 3.97. The molecule has 0 aliphatic rings. The fourth-order valence-corrected chi connectivity index (χ4v) is 2.09. The molecule has 0 heterocycles. The minimum absolute atomic E-state index is 0.0235. The highest BCUT2D eigenvalue weighted by molar-refractivity contribution is 6.06. The van der Waals surface area contributed by atoms with Crippen molar-refractivity contribution < 1.29 is 4.79 Å². The largest absolute Gasteiger partial charge is 0.326 e. The number of aryl methyl sites for hydroxylation is 1. The van der Waals surface area contributed by atoms with Crippen molar-refractivity contribution in [1.82, 2.24) is 0 Å². The smallest absolute Gasteiger partial charge is 0.258 e. The lowest BCUT2D eigenvalue weighted by Crippen LogP contribution is -2.27. The number of nitrogens with zero attached hydrogens (tertiary/aromatic N) is 1. The van der Waals surface area contributed by atoms with Crippen LogP contribution < -0.4 is 10.6 Å². The van der Waals surface area contributed by atoms with Crippen LogP contribution in [-0.4, -0.2) is 13.0 Å². The summed E-state index contributed by atoms with van der Waals surface area (Å²) in [6.45, 7) is 2.40. The Morgan fingerprint density at radius 3 is 2.58 bits per heavy atom. The molecule has 0 fully saturated rings. The van der Waals surface area contributed by atoms with Gasteiger partial charge in [-0.05, 0) is 30.7 Å². The molecule has 3 nitrogen and oxygen atoms in total. The number of amides is 1. The minimum atomic E-state index is -0.0235. The molecule has 0 atom stereocenters. The monoisotopic (exact) mass is 254 g/mol. The number of carbonyl (C=O) groups is 1. The van der Waals surface area contributed by atoms with Crippen LogP contribution in [0.3, 0.4) is 0 Å². The van der Waals surface area contributed by atoms with Gasteiger partial charge >= 0.3 is 0 Å². The number of carbonyl (C=O) groups excluding carboxylic acids is 1. The molecule has 0 aromatic heterocycles. The highest BCUT2D eigenvalue weighted by atomic mass is 16.2. The summed E-state index contributed by atoms with van der Waals surface area (Å²) in [5.41, 5.74) is 9.30. The van der Waals surface area contributed by atoms with E-state index in [0.29, 0.717) is 12.1 Å². The van der Waals surface area contributed by atoms with Crippen molar-refractivity contribution in [2.45, 2.75) is 13.5 Å². The number of benzene rings is 2. The highest BCUT2D eigenvalue weighted by Crippen LogP contribution is 2.20. The predicted molar refractivity (Wildman–Crippen MR) is 78.2 cm³/mol. The van der Waals surface area contributed by atoms with Crippen LogP contribution >= 0.6 is 0 Å². The van der Waals surface area contributed by atoms with Gasteiger partial charge in [-0.3, -0.25) is 4.79 Å². The van der Waals surface area contributed by atoms with Gasteiger partial charge in [-0.25, -0.2) is 0 Å². The first-order valence-corrected chi connectivity index (χ1v) is 6.26. The van der Waals surface area contributed by atoms with Gasteiger partial charge < -0.3 is 10.6 Å². The Bertz CT molecular complexity index is 593. The molecule has 0 aliphatic carbocycles. The first-order chi connectivity index (χ1) is 9.13. The van der Waals surface area contributed by atoms with E-state index < -0.39 is 0 Å². The molecule has 0 saturated carbocycles. The number of rotatable bonds is 3. The van der Waals surface area contributed by atoms with Gasteiger partial charge in [0.05, 0.1) is 0 Å². The van der Waals surface area contributed by atoms with Crippen LogP contribution in [0.4, 0.5) is 5.69 Å². The van der Waals surface area contributed by atoms with Gasteiger partial charge in [-0.2, -0.15) is 0 Å². The summed E-state index contributed by atoms with van der Waals surface area (Å²) in [7, 11) is 1.78. The van der Waals surface area contributed by atoms with E-state index >= 15 is 0 Å². The van der Waals surface area contributed by atoms with Crippen molar-refractivity contribution in [1.29, 1.82) is 0 Å². The van der Waals surface area contributed by atoms with E-state index in [1.165, 1.54) is 0 Å². The SMILES string of the molecule is Cc1cccc(C(=O)N(C)c2ccccc2CN)c1. The Morgan fingerprint density at radius 2 is 1.89 bits per heavy atom. The van der Waals surface area contributed by atoms with E-state index in [4.69, 9.17) is 5.73 Å². The fraction of sp³-hybridized carbons (Fsp3) is 0.188. The van der Waals surface area contributed by atoms with Crippen LogP contribution in [-0.2, 0) is 6.54 Å². The average molecular weight is 254 g/mol. The minimum Gasteiger partial charge on any atom is -0.326 e. The van der Waals surface area contributed by atoms with Crippen molar-refractivity contribution in [3.8, 4) is 0 Å². The van der Waals surface area contributed by atoms with Crippen molar-refractivity contribution in [3.05, 3.63) is 65.2 Å². The maximum Gasteiger partial charge on any atom is 0.258 e. The quantitative estimate of drug-likeness (QED) is 0.915. The van der Waals surface area contributed by atoms with E-state index in [-0.39, 0.29) is 5.91 Å². The van der Waals surface area contributed by atoms with E-state index in [9.17, 15) is 4.79 Å². The fourth-order valence-electron chi connectivity index (χ4n) is 2.09. The molecule has 2 rings (SSSR count). The number of hydrogen-bond donors (Lipinski definition) is 1. The number of anilines is 1. The summed E-state index contributed by atoms with van der Waals surface area (Å²) in [6, 6.07) is 15.3. The lowest BCUT2D eigenvalue weighted by molar-refractivity contribution is 0.0992. The first-order valence-electron chi connectivity index (χ1n) is 6.26. The molecule has 2 N–H and O–H groups in total. The van der Waals surface area contributed by atoms with E-state index in [0.717, 1.165) is 16.8 Å². The zero-order chi connectivity index (χ0) is 13.8.